The molecular weight excluding hydrogens is 248 g/mol. The molecule has 3 heteroatoms. The van der Waals surface area contributed by atoms with Gasteiger partial charge in [-0.05, 0) is 43.4 Å². The molecule has 2 N–H and O–H groups in total. The molecular formula is C17H32N2O. The number of likely N-dealkylation sites (tertiary alicyclic amines) is 1. The average Bonchev–Trinajstić information content (AvgIpc) is 3.26. The monoisotopic (exact) mass is 280 g/mol. The zero-order valence-electron chi connectivity index (χ0n) is 13.1. The molecule has 0 aromatic rings. The van der Waals surface area contributed by atoms with Gasteiger partial charge in [0.1, 0.15) is 0 Å². The summed E-state index contributed by atoms with van der Waals surface area (Å²) in [5.41, 5.74) is 0.517. The Morgan fingerprint density at radius 2 is 1.90 bits per heavy atom. The fourth-order valence-electron chi connectivity index (χ4n) is 4.18. The third-order valence-corrected chi connectivity index (χ3v) is 5.76. The number of nitrogens with one attached hydrogen (secondary N) is 1. The van der Waals surface area contributed by atoms with Crippen LogP contribution in [-0.2, 0) is 0 Å². The largest absolute Gasteiger partial charge is 0.393 e. The maximum atomic E-state index is 9.91. The minimum atomic E-state index is -0.0712. The van der Waals surface area contributed by atoms with E-state index < -0.39 is 0 Å². The maximum Gasteiger partial charge on any atom is 0.0590 e. The molecule has 2 saturated carbocycles. The third kappa shape index (κ3) is 3.75. The van der Waals surface area contributed by atoms with E-state index in [1.165, 1.54) is 58.0 Å². The molecule has 1 heterocycles. The quantitative estimate of drug-likeness (QED) is 0.812. The minimum Gasteiger partial charge on any atom is -0.393 e. The van der Waals surface area contributed by atoms with Gasteiger partial charge in [0.2, 0.25) is 0 Å². The van der Waals surface area contributed by atoms with E-state index in [1.54, 1.807) is 0 Å². The topological polar surface area (TPSA) is 35.5 Å². The fraction of sp³-hybridized carbons (Fsp3) is 1.00. The van der Waals surface area contributed by atoms with Gasteiger partial charge in [0.25, 0.3) is 0 Å². The van der Waals surface area contributed by atoms with Gasteiger partial charge in [0.15, 0.2) is 0 Å². The highest BCUT2D eigenvalue weighted by atomic mass is 16.3. The van der Waals surface area contributed by atoms with Crippen molar-refractivity contribution in [3.63, 3.8) is 0 Å². The molecule has 3 fully saturated rings. The fourth-order valence-corrected chi connectivity index (χ4v) is 4.18. The number of nitrogens with zero attached hydrogens (tertiary/aromatic N) is 1. The van der Waals surface area contributed by atoms with E-state index in [2.05, 4.69) is 17.1 Å². The number of rotatable bonds is 5. The van der Waals surface area contributed by atoms with Crippen LogP contribution in [0.5, 0.6) is 0 Å². The molecule has 0 aromatic heterocycles. The van der Waals surface area contributed by atoms with Crippen molar-refractivity contribution in [1.29, 1.82) is 0 Å². The van der Waals surface area contributed by atoms with Gasteiger partial charge in [-0.3, -0.25) is 0 Å². The second-order valence-electron chi connectivity index (χ2n) is 7.78. The standard InChI is InChI=1S/C17H32N2O/c1-14-11-19(10-7-16(14)20)13-17(8-3-2-4-9-17)12-18-15-5-6-15/h14-16,18,20H,2-13H2,1H3. The number of piperidine rings is 1. The van der Waals surface area contributed by atoms with E-state index in [-0.39, 0.29) is 6.10 Å². The molecule has 0 radical (unpaired) electrons. The highest BCUT2D eigenvalue weighted by molar-refractivity contribution is 4.92. The Hall–Kier alpha value is -0.120. The summed E-state index contributed by atoms with van der Waals surface area (Å²) < 4.78 is 0. The van der Waals surface area contributed by atoms with Gasteiger partial charge >= 0.3 is 0 Å². The SMILES string of the molecule is CC1CN(CC2(CNC3CC3)CCCCC2)CCC1O. The summed E-state index contributed by atoms with van der Waals surface area (Å²) in [6.07, 6.45) is 10.7. The van der Waals surface area contributed by atoms with Crippen LogP contribution in [0.25, 0.3) is 0 Å². The van der Waals surface area contributed by atoms with Crippen LogP contribution in [0, 0.1) is 11.3 Å². The van der Waals surface area contributed by atoms with Gasteiger partial charge in [0, 0.05) is 32.2 Å². The normalized spacial score (nSPS) is 35.1. The van der Waals surface area contributed by atoms with Crippen LogP contribution in [0.15, 0.2) is 0 Å². The second-order valence-corrected chi connectivity index (χ2v) is 7.78. The third-order valence-electron chi connectivity index (χ3n) is 5.76. The molecule has 20 heavy (non-hydrogen) atoms. The van der Waals surface area contributed by atoms with Crippen LogP contribution in [0.4, 0.5) is 0 Å². The summed E-state index contributed by atoms with van der Waals surface area (Å²) in [6, 6.07) is 0.830. The smallest absolute Gasteiger partial charge is 0.0590 e. The lowest BCUT2D eigenvalue weighted by Crippen LogP contribution is -2.50. The van der Waals surface area contributed by atoms with Crippen LogP contribution in [0.1, 0.15) is 58.3 Å². The van der Waals surface area contributed by atoms with Crippen molar-refractivity contribution >= 4 is 0 Å². The number of hydrogen-bond acceptors (Lipinski definition) is 3. The molecule has 2 atom stereocenters. The van der Waals surface area contributed by atoms with Crippen molar-refractivity contribution in [1.82, 2.24) is 10.2 Å². The highest BCUT2D eigenvalue weighted by Gasteiger charge is 2.37. The van der Waals surface area contributed by atoms with Crippen molar-refractivity contribution in [2.45, 2.75) is 70.4 Å². The lowest BCUT2D eigenvalue weighted by atomic mass is 9.73. The van der Waals surface area contributed by atoms with Crippen molar-refractivity contribution in [3.8, 4) is 0 Å². The molecule has 0 spiro atoms. The van der Waals surface area contributed by atoms with Crippen LogP contribution in [-0.4, -0.2) is 48.3 Å². The number of aliphatic hydroxyl groups excluding tert-OH is 1. The molecule has 0 amide bonds. The number of hydrogen-bond donors (Lipinski definition) is 2. The first-order valence-corrected chi connectivity index (χ1v) is 8.81. The zero-order chi connectivity index (χ0) is 14.0. The van der Waals surface area contributed by atoms with Crippen LogP contribution >= 0.6 is 0 Å². The lowest BCUT2D eigenvalue weighted by Gasteiger charge is -2.44. The zero-order valence-corrected chi connectivity index (χ0v) is 13.1. The van der Waals surface area contributed by atoms with E-state index in [4.69, 9.17) is 0 Å². The van der Waals surface area contributed by atoms with Crippen molar-refractivity contribution in [2.75, 3.05) is 26.2 Å². The first kappa shape index (κ1) is 14.8. The van der Waals surface area contributed by atoms with E-state index in [0.717, 1.165) is 25.6 Å². The Balaban J connectivity index is 1.56. The first-order chi connectivity index (χ1) is 9.67. The summed E-state index contributed by atoms with van der Waals surface area (Å²) in [6.45, 7) is 6.87. The van der Waals surface area contributed by atoms with E-state index in [9.17, 15) is 5.11 Å². The summed E-state index contributed by atoms with van der Waals surface area (Å²) in [4.78, 5) is 2.64. The van der Waals surface area contributed by atoms with Crippen molar-refractivity contribution < 1.29 is 5.11 Å². The Morgan fingerprint density at radius 3 is 2.55 bits per heavy atom. The highest BCUT2D eigenvalue weighted by Crippen LogP contribution is 2.38. The molecule has 1 aliphatic heterocycles. The average molecular weight is 280 g/mol. The molecule has 3 rings (SSSR count). The Kier molecular flexibility index (Phi) is 4.68. The Morgan fingerprint density at radius 1 is 1.15 bits per heavy atom. The molecule has 3 nitrogen and oxygen atoms in total. The molecule has 2 unspecified atom stereocenters. The van der Waals surface area contributed by atoms with Crippen LogP contribution < -0.4 is 5.32 Å². The van der Waals surface area contributed by atoms with Crippen LogP contribution in [0.2, 0.25) is 0 Å². The maximum absolute atomic E-state index is 9.91. The molecule has 116 valence electrons. The van der Waals surface area contributed by atoms with E-state index in [0.29, 0.717) is 11.3 Å². The summed E-state index contributed by atoms with van der Waals surface area (Å²) >= 11 is 0. The molecule has 1 saturated heterocycles. The van der Waals surface area contributed by atoms with Crippen LogP contribution in [0.3, 0.4) is 0 Å². The predicted molar refractivity (Wildman–Crippen MR) is 82.8 cm³/mol. The summed E-state index contributed by atoms with van der Waals surface area (Å²) in [5, 5.41) is 13.7. The van der Waals surface area contributed by atoms with Gasteiger partial charge in [-0.2, -0.15) is 0 Å². The van der Waals surface area contributed by atoms with E-state index in [1.807, 2.05) is 0 Å². The van der Waals surface area contributed by atoms with E-state index >= 15 is 0 Å². The number of aliphatic hydroxyl groups is 1. The van der Waals surface area contributed by atoms with Crippen molar-refractivity contribution in [3.05, 3.63) is 0 Å². The molecule has 0 bridgehead atoms. The van der Waals surface area contributed by atoms with Crippen molar-refractivity contribution in [2.24, 2.45) is 11.3 Å². The molecule has 0 aromatic carbocycles. The second kappa shape index (κ2) is 6.33. The Labute approximate surface area is 124 Å². The van der Waals surface area contributed by atoms with Gasteiger partial charge in [-0.1, -0.05) is 26.2 Å². The minimum absolute atomic E-state index is 0.0712. The predicted octanol–water partition coefficient (Wildman–Crippen LogP) is 2.39. The lowest BCUT2D eigenvalue weighted by molar-refractivity contribution is 0.00832. The van der Waals surface area contributed by atoms with Gasteiger partial charge in [-0.15, -0.1) is 0 Å². The van der Waals surface area contributed by atoms with Gasteiger partial charge < -0.3 is 15.3 Å². The molecule has 2 aliphatic carbocycles. The summed E-state index contributed by atoms with van der Waals surface area (Å²) in [7, 11) is 0. The molecule has 3 aliphatic rings. The Bertz CT molecular complexity index is 310. The summed E-state index contributed by atoms with van der Waals surface area (Å²) in [5.74, 6) is 0.445. The first-order valence-electron chi connectivity index (χ1n) is 8.81. The van der Waals surface area contributed by atoms with Gasteiger partial charge in [-0.25, -0.2) is 0 Å². The van der Waals surface area contributed by atoms with Gasteiger partial charge in [0.05, 0.1) is 6.10 Å².